The molecule has 0 saturated carbocycles. The second-order valence-electron chi connectivity index (χ2n) is 18.2. The summed E-state index contributed by atoms with van der Waals surface area (Å²) < 4.78 is 5.46. The van der Waals surface area contributed by atoms with E-state index in [1.807, 2.05) is 6.08 Å². The number of aliphatic hydroxyl groups is 2. The summed E-state index contributed by atoms with van der Waals surface area (Å²) in [5.41, 5.74) is 0. The Labute approximate surface area is 373 Å². The average molecular weight is 846 g/mol. The third-order valence-corrected chi connectivity index (χ3v) is 12.2. The number of carbonyl (C=O) groups excluding carboxylic acids is 2. The molecule has 2 atom stereocenters. The molecule has 0 rings (SSSR count). The van der Waals surface area contributed by atoms with Crippen molar-refractivity contribution in [3.63, 3.8) is 0 Å². The largest absolute Gasteiger partial charge is 0.466 e. The van der Waals surface area contributed by atoms with Crippen molar-refractivity contribution in [2.45, 2.75) is 296 Å². The van der Waals surface area contributed by atoms with E-state index >= 15 is 0 Å². The minimum atomic E-state index is -0.856. The van der Waals surface area contributed by atoms with Gasteiger partial charge in [-0.1, -0.05) is 237 Å². The minimum Gasteiger partial charge on any atom is -0.466 e. The van der Waals surface area contributed by atoms with Crippen molar-refractivity contribution in [2.75, 3.05) is 13.2 Å². The van der Waals surface area contributed by atoms with Crippen LogP contribution in [0.3, 0.4) is 0 Å². The van der Waals surface area contributed by atoms with Crippen LogP contribution in [0.15, 0.2) is 24.3 Å². The summed E-state index contributed by atoms with van der Waals surface area (Å²) in [5.74, 6) is -0.105. The van der Waals surface area contributed by atoms with Crippen molar-refractivity contribution in [3.8, 4) is 0 Å². The fraction of sp³-hybridized carbons (Fsp3) is 0.889. The molecule has 0 spiro atoms. The van der Waals surface area contributed by atoms with Gasteiger partial charge in [-0.2, -0.15) is 0 Å². The normalized spacial score (nSPS) is 12.8. The lowest BCUT2D eigenvalue weighted by Crippen LogP contribution is -2.45. The molecule has 0 aliphatic carbocycles. The number of nitrogens with one attached hydrogen (secondary N) is 1. The van der Waals surface area contributed by atoms with Gasteiger partial charge < -0.3 is 20.3 Å². The third kappa shape index (κ3) is 45.9. The molecule has 354 valence electrons. The number of allylic oxidation sites excluding steroid dienone is 3. The van der Waals surface area contributed by atoms with E-state index in [4.69, 9.17) is 4.74 Å². The van der Waals surface area contributed by atoms with Crippen LogP contribution in [-0.4, -0.2) is 47.4 Å². The lowest BCUT2D eigenvalue weighted by molar-refractivity contribution is -0.143. The Morgan fingerprint density at radius 3 is 1.18 bits per heavy atom. The monoisotopic (exact) mass is 846 g/mol. The Bertz CT molecular complexity index is 935. The van der Waals surface area contributed by atoms with Gasteiger partial charge in [0.2, 0.25) is 5.91 Å². The van der Waals surface area contributed by atoms with Crippen molar-refractivity contribution in [1.82, 2.24) is 5.32 Å². The van der Waals surface area contributed by atoms with Gasteiger partial charge in [0.25, 0.3) is 0 Å². The molecule has 1 amide bonds. The molecule has 3 N–H and O–H groups in total. The predicted octanol–water partition coefficient (Wildman–Crippen LogP) is 15.9. The van der Waals surface area contributed by atoms with E-state index in [0.717, 1.165) is 57.8 Å². The topological polar surface area (TPSA) is 95.9 Å². The number of carbonyl (C=O) groups is 2. The number of esters is 1. The molecular formula is C54H103NO5. The lowest BCUT2D eigenvalue weighted by atomic mass is 10.0. The molecule has 0 bridgehead atoms. The van der Waals surface area contributed by atoms with Gasteiger partial charge in [-0.05, 0) is 57.8 Å². The van der Waals surface area contributed by atoms with E-state index in [9.17, 15) is 19.8 Å². The Hall–Kier alpha value is -1.66. The molecule has 0 aromatic heterocycles. The summed E-state index contributed by atoms with van der Waals surface area (Å²) in [5, 5.41) is 23.1. The molecule has 6 heteroatoms. The standard InChI is InChI=1S/C54H103NO5/c1-3-5-7-9-11-13-15-17-19-20-22-24-28-32-36-40-44-48-54(59)60-49-45-41-37-33-29-25-27-31-35-39-43-47-53(58)55-51(50-56)52(57)46-42-38-34-30-26-23-21-18-16-14-12-10-8-6-4-2/h17,19,42,46,51-52,56-57H,3-16,18,20-41,43-45,47-50H2,1-2H3,(H,55,58)/b19-17-,46-42+. The predicted molar refractivity (Wildman–Crippen MR) is 260 cm³/mol. The maximum Gasteiger partial charge on any atom is 0.305 e. The van der Waals surface area contributed by atoms with Crippen molar-refractivity contribution in [2.24, 2.45) is 0 Å². The van der Waals surface area contributed by atoms with Gasteiger partial charge in [0.1, 0.15) is 0 Å². The highest BCUT2D eigenvalue weighted by Gasteiger charge is 2.18. The summed E-state index contributed by atoms with van der Waals surface area (Å²) >= 11 is 0. The van der Waals surface area contributed by atoms with Crippen LogP contribution in [-0.2, 0) is 14.3 Å². The van der Waals surface area contributed by atoms with Crippen molar-refractivity contribution >= 4 is 11.9 Å². The summed E-state index contributed by atoms with van der Waals surface area (Å²) in [6.07, 6.45) is 58.9. The van der Waals surface area contributed by atoms with Gasteiger partial charge in [-0.25, -0.2) is 0 Å². The molecule has 0 saturated heterocycles. The van der Waals surface area contributed by atoms with Crippen LogP contribution < -0.4 is 5.32 Å². The number of hydrogen-bond donors (Lipinski definition) is 3. The van der Waals surface area contributed by atoms with E-state index in [-0.39, 0.29) is 18.5 Å². The van der Waals surface area contributed by atoms with Crippen LogP contribution in [0.2, 0.25) is 0 Å². The first-order chi connectivity index (χ1) is 29.5. The van der Waals surface area contributed by atoms with E-state index in [2.05, 4.69) is 31.3 Å². The smallest absolute Gasteiger partial charge is 0.305 e. The number of unbranched alkanes of at least 4 members (excludes halogenated alkanes) is 36. The highest BCUT2D eigenvalue weighted by Crippen LogP contribution is 2.16. The number of rotatable bonds is 49. The second kappa shape index (κ2) is 50.0. The first-order valence-corrected chi connectivity index (χ1v) is 26.6. The zero-order chi connectivity index (χ0) is 43.7. The second-order valence-corrected chi connectivity index (χ2v) is 18.2. The van der Waals surface area contributed by atoms with E-state index in [1.165, 1.54) is 199 Å². The SMILES string of the molecule is CCCCCCCC/C=C\CCCCCCCCCC(=O)OCCCCCCCCCCCCCC(=O)NC(CO)C(O)/C=C/CCCCCCCCCCCCCCC. The molecule has 0 aliphatic rings. The Kier molecular flexibility index (Phi) is 48.6. The molecule has 0 radical (unpaired) electrons. The number of hydrogen-bond acceptors (Lipinski definition) is 5. The van der Waals surface area contributed by atoms with Gasteiger partial charge in [0, 0.05) is 12.8 Å². The highest BCUT2D eigenvalue weighted by atomic mass is 16.5. The third-order valence-electron chi connectivity index (χ3n) is 12.2. The zero-order valence-corrected chi connectivity index (χ0v) is 40.2. The zero-order valence-electron chi connectivity index (χ0n) is 40.2. The minimum absolute atomic E-state index is 0.0188. The fourth-order valence-electron chi connectivity index (χ4n) is 8.10. The molecule has 2 unspecified atom stereocenters. The molecular weight excluding hydrogens is 743 g/mol. The highest BCUT2D eigenvalue weighted by molar-refractivity contribution is 5.76. The van der Waals surface area contributed by atoms with E-state index in [0.29, 0.717) is 19.4 Å². The maximum absolute atomic E-state index is 12.4. The van der Waals surface area contributed by atoms with Gasteiger partial charge in [-0.3, -0.25) is 9.59 Å². The molecule has 0 heterocycles. The fourth-order valence-corrected chi connectivity index (χ4v) is 8.10. The molecule has 0 aliphatic heterocycles. The maximum atomic E-state index is 12.4. The first kappa shape index (κ1) is 58.3. The Morgan fingerprint density at radius 1 is 0.450 bits per heavy atom. The van der Waals surface area contributed by atoms with Crippen LogP contribution in [0.1, 0.15) is 284 Å². The molecule has 0 fully saturated rings. The lowest BCUT2D eigenvalue weighted by Gasteiger charge is -2.20. The Morgan fingerprint density at radius 2 is 0.783 bits per heavy atom. The Balaban J connectivity index is 3.49. The molecule has 6 nitrogen and oxygen atoms in total. The van der Waals surface area contributed by atoms with Crippen LogP contribution >= 0.6 is 0 Å². The van der Waals surface area contributed by atoms with E-state index in [1.54, 1.807) is 6.08 Å². The first-order valence-electron chi connectivity index (χ1n) is 26.6. The van der Waals surface area contributed by atoms with Crippen molar-refractivity contribution in [3.05, 3.63) is 24.3 Å². The van der Waals surface area contributed by atoms with Crippen molar-refractivity contribution < 1.29 is 24.5 Å². The van der Waals surface area contributed by atoms with Gasteiger partial charge >= 0.3 is 5.97 Å². The van der Waals surface area contributed by atoms with Crippen LogP contribution in [0, 0.1) is 0 Å². The molecule has 0 aromatic rings. The number of aliphatic hydroxyl groups excluding tert-OH is 2. The van der Waals surface area contributed by atoms with E-state index < -0.39 is 12.1 Å². The average Bonchev–Trinajstić information content (AvgIpc) is 3.25. The van der Waals surface area contributed by atoms with Gasteiger partial charge in [0.15, 0.2) is 0 Å². The van der Waals surface area contributed by atoms with Crippen LogP contribution in [0.25, 0.3) is 0 Å². The summed E-state index contributed by atoms with van der Waals surface area (Å²) in [6, 6.07) is -0.641. The van der Waals surface area contributed by atoms with Gasteiger partial charge in [-0.15, -0.1) is 0 Å². The number of ether oxygens (including phenoxy) is 1. The molecule has 60 heavy (non-hydrogen) atoms. The number of amides is 1. The summed E-state index contributed by atoms with van der Waals surface area (Å²) in [7, 11) is 0. The van der Waals surface area contributed by atoms with Crippen LogP contribution in [0.4, 0.5) is 0 Å². The quantitative estimate of drug-likeness (QED) is 0.0322. The van der Waals surface area contributed by atoms with Crippen molar-refractivity contribution in [1.29, 1.82) is 0 Å². The van der Waals surface area contributed by atoms with Gasteiger partial charge in [0.05, 0.1) is 25.4 Å². The molecule has 0 aromatic carbocycles. The summed E-state index contributed by atoms with van der Waals surface area (Å²) in [6.45, 7) is 4.86. The van der Waals surface area contributed by atoms with Crippen LogP contribution in [0.5, 0.6) is 0 Å². The summed E-state index contributed by atoms with van der Waals surface area (Å²) in [4.78, 5) is 24.5.